The van der Waals surface area contributed by atoms with Gasteiger partial charge in [0.2, 0.25) is 0 Å². The molecule has 0 unspecified atom stereocenters. The van der Waals surface area contributed by atoms with Crippen LogP contribution in [0, 0.1) is 0 Å². The molecule has 2 heterocycles. The van der Waals surface area contributed by atoms with Crippen LogP contribution in [0.25, 0.3) is 0 Å². The van der Waals surface area contributed by atoms with E-state index in [1.54, 1.807) is 4.68 Å². The Morgan fingerprint density at radius 3 is 2.94 bits per heavy atom. The topological polar surface area (TPSA) is 47.7 Å². The normalized spacial score (nSPS) is 10.6. The lowest BCUT2D eigenvalue weighted by atomic mass is 10.3. The standard InChI is InChI=1S/C11H17N5/c1-3-6-16-11(4-5-13-16)12-7-10-8-14-15(2)9-10/h4-5,8-9,12H,3,6-7H2,1-2H3. The second-order valence-electron chi connectivity index (χ2n) is 3.82. The van der Waals surface area contributed by atoms with E-state index in [0.717, 1.165) is 25.3 Å². The zero-order valence-electron chi connectivity index (χ0n) is 9.72. The molecule has 0 saturated carbocycles. The van der Waals surface area contributed by atoms with Gasteiger partial charge in [-0.15, -0.1) is 0 Å². The number of rotatable bonds is 5. The van der Waals surface area contributed by atoms with Crippen LogP contribution in [0.5, 0.6) is 0 Å². The van der Waals surface area contributed by atoms with Crippen molar-refractivity contribution in [3.05, 3.63) is 30.2 Å². The molecule has 86 valence electrons. The second-order valence-corrected chi connectivity index (χ2v) is 3.82. The molecule has 0 saturated heterocycles. The Morgan fingerprint density at radius 1 is 1.38 bits per heavy atom. The molecule has 2 rings (SSSR count). The molecular weight excluding hydrogens is 202 g/mol. The smallest absolute Gasteiger partial charge is 0.124 e. The minimum absolute atomic E-state index is 0.781. The molecule has 16 heavy (non-hydrogen) atoms. The fraction of sp³-hybridized carbons (Fsp3) is 0.455. The summed E-state index contributed by atoms with van der Waals surface area (Å²) in [6.45, 7) is 3.87. The first kappa shape index (κ1) is 10.7. The predicted octanol–water partition coefficient (Wildman–Crippen LogP) is 1.64. The Bertz CT molecular complexity index is 443. The fourth-order valence-electron chi connectivity index (χ4n) is 1.63. The highest BCUT2D eigenvalue weighted by Gasteiger charge is 2.01. The third-order valence-electron chi connectivity index (χ3n) is 2.38. The Labute approximate surface area is 95.1 Å². The molecule has 0 aliphatic carbocycles. The van der Waals surface area contributed by atoms with Crippen LogP contribution in [0.3, 0.4) is 0 Å². The molecule has 2 aromatic rings. The van der Waals surface area contributed by atoms with E-state index < -0.39 is 0 Å². The van der Waals surface area contributed by atoms with Gasteiger partial charge in [-0.2, -0.15) is 10.2 Å². The monoisotopic (exact) mass is 219 g/mol. The molecule has 5 nitrogen and oxygen atoms in total. The van der Waals surface area contributed by atoms with Gasteiger partial charge in [-0.1, -0.05) is 6.92 Å². The predicted molar refractivity (Wildman–Crippen MR) is 63.1 cm³/mol. The molecule has 1 N–H and O–H groups in total. The average Bonchev–Trinajstić information content (AvgIpc) is 2.85. The molecule has 0 aromatic carbocycles. The average molecular weight is 219 g/mol. The van der Waals surface area contributed by atoms with Gasteiger partial charge in [0.15, 0.2) is 0 Å². The van der Waals surface area contributed by atoms with Gasteiger partial charge in [-0.25, -0.2) is 4.68 Å². The molecule has 0 spiro atoms. The summed E-state index contributed by atoms with van der Waals surface area (Å²) in [4.78, 5) is 0. The van der Waals surface area contributed by atoms with Crippen LogP contribution in [0.15, 0.2) is 24.7 Å². The molecular formula is C11H17N5. The van der Waals surface area contributed by atoms with Crippen molar-refractivity contribution in [3.63, 3.8) is 0 Å². The van der Waals surface area contributed by atoms with Gasteiger partial charge in [0, 0.05) is 38.0 Å². The van der Waals surface area contributed by atoms with Crippen molar-refractivity contribution in [2.24, 2.45) is 7.05 Å². The lowest BCUT2D eigenvalue weighted by Gasteiger charge is -2.07. The van der Waals surface area contributed by atoms with Crippen LogP contribution in [-0.2, 0) is 20.1 Å². The SMILES string of the molecule is CCCn1nccc1NCc1cnn(C)c1. The molecule has 0 amide bonds. The first-order valence-corrected chi connectivity index (χ1v) is 5.53. The lowest BCUT2D eigenvalue weighted by Crippen LogP contribution is -2.07. The highest BCUT2D eigenvalue weighted by molar-refractivity contribution is 5.34. The molecule has 0 aliphatic rings. The number of aryl methyl sites for hydroxylation is 2. The Morgan fingerprint density at radius 2 is 2.25 bits per heavy atom. The largest absolute Gasteiger partial charge is 0.366 e. The molecule has 0 aliphatic heterocycles. The summed E-state index contributed by atoms with van der Waals surface area (Å²) in [5.41, 5.74) is 1.17. The number of aromatic nitrogens is 4. The number of hydrogen-bond acceptors (Lipinski definition) is 3. The van der Waals surface area contributed by atoms with Crippen molar-refractivity contribution < 1.29 is 0 Å². The molecule has 2 aromatic heterocycles. The third kappa shape index (κ3) is 2.42. The maximum atomic E-state index is 4.26. The van der Waals surface area contributed by atoms with Gasteiger partial charge in [-0.3, -0.25) is 4.68 Å². The zero-order chi connectivity index (χ0) is 11.4. The molecule has 0 radical (unpaired) electrons. The van der Waals surface area contributed by atoms with Crippen LogP contribution < -0.4 is 5.32 Å². The highest BCUT2D eigenvalue weighted by Crippen LogP contribution is 2.08. The first-order valence-electron chi connectivity index (χ1n) is 5.53. The van der Waals surface area contributed by atoms with Crippen LogP contribution >= 0.6 is 0 Å². The summed E-state index contributed by atoms with van der Waals surface area (Å²) in [6, 6.07) is 1.99. The van der Waals surface area contributed by atoms with Crippen molar-refractivity contribution in [2.45, 2.75) is 26.4 Å². The quantitative estimate of drug-likeness (QED) is 0.831. The Hall–Kier alpha value is -1.78. The van der Waals surface area contributed by atoms with Crippen molar-refractivity contribution >= 4 is 5.82 Å². The van der Waals surface area contributed by atoms with Gasteiger partial charge < -0.3 is 5.32 Å². The minimum atomic E-state index is 0.781. The van der Waals surface area contributed by atoms with Gasteiger partial charge in [0.1, 0.15) is 5.82 Å². The van der Waals surface area contributed by atoms with Crippen LogP contribution in [0.2, 0.25) is 0 Å². The van der Waals surface area contributed by atoms with E-state index >= 15 is 0 Å². The van der Waals surface area contributed by atoms with Crippen molar-refractivity contribution in [2.75, 3.05) is 5.32 Å². The minimum Gasteiger partial charge on any atom is -0.366 e. The Kier molecular flexibility index (Phi) is 3.24. The van der Waals surface area contributed by atoms with E-state index in [1.807, 2.05) is 36.4 Å². The van der Waals surface area contributed by atoms with Gasteiger partial charge in [0.05, 0.1) is 12.4 Å². The second kappa shape index (κ2) is 4.83. The van der Waals surface area contributed by atoms with Gasteiger partial charge in [-0.05, 0) is 6.42 Å². The zero-order valence-corrected chi connectivity index (χ0v) is 9.72. The summed E-state index contributed by atoms with van der Waals surface area (Å²) in [6.07, 6.45) is 6.78. The van der Waals surface area contributed by atoms with E-state index in [2.05, 4.69) is 22.4 Å². The van der Waals surface area contributed by atoms with Gasteiger partial charge >= 0.3 is 0 Å². The number of anilines is 1. The van der Waals surface area contributed by atoms with E-state index in [9.17, 15) is 0 Å². The van der Waals surface area contributed by atoms with E-state index in [1.165, 1.54) is 5.56 Å². The summed E-state index contributed by atoms with van der Waals surface area (Å²) in [5.74, 6) is 1.06. The first-order chi connectivity index (χ1) is 7.79. The lowest BCUT2D eigenvalue weighted by molar-refractivity contribution is 0.607. The van der Waals surface area contributed by atoms with Crippen LogP contribution in [0.4, 0.5) is 5.82 Å². The molecule has 0 fully saturated rings. The van der Waals surface area contributed by atoms with Crippen molar-refractivity contribution in [3.8, 4) is 0 Å². The van der Waals surface area contributed by atoms with Crippen LogP contribution in [0.1, 0.15) is 18.9 Å². The summed E-state index contributed by atoms with van der Waals surface area (Å²) in [7, 11) is 1.92. The molecule has 0 bridgehead atoms. The van der Waals surface area contributed by atoms with Crippen molar-refractivity contribution in [1.82, 2.24) is 19.6 Å². The highest BCUT2D eigenvalue weighted by atomic mass is 15.3. The fourth-order valence-corrected chi connectivity index (χ4v) is 1.63. The molecule has 5 heteroatoms. The van der Waals surface area contributed by atoms with Crippen LogP contribution in [-0.4, -0.2) is 19.6 Å². The number of nitrogens with zero attached hydrogens (tertiary/aromatic N) is 4. The summed E-state index contributed by atoms with van der Waals surface area (Å²) >= 11 is 0. The van der Waals surface area contributed by atoms with E-state index in [4.69, 9.17) is 0 Å². The van der Waals surface area contributed by atoms with E-state index in [0.29, 0.717) is 0 Å². The van der Waals surface area contributed by atoms with Gasteiger partial charge in [0.25, 0.3) is 0 Å². The summed E-state index contributed by atoms with van der Waals surface area (Å²) < 4.78 is 3.79. The third-order valence-corrected chi connectivity index (χ3v) is 2.38. The maximum absolute atomic E-state index is 4.26. The molecule has 0 atom stereocenters. The number of nitrogens with one attached hydrogen (secondary N) is 1. The Balaban J connectivity index is 1.96. The van der Waals surface area contributed by atoms with Crippen molar-refractivity contribution in [1.29, 1.82) is 0 Å². The number of hydrogen-bond donors (Lipinski definition) is 1. The van der Waals surface area contributed by atoms with E-state index in [-0.39, 0.29) is 0 Å². The summed E-state index contributed by atoms with van der Waals surface area (Å²) in [5, 5.41) is 11.7. The maximum Gasteiger partial charge on any atom is 0.124 e.